The van der Waals surface area contributed by atoms with Gasteiger partial charge in [0.25, 0.3) is 0 Å². The number of amidine groups is 1. The van der Waals surface area contributed by atoms with Gasteiger partial charge in [-0.2, -0.15) is 18.2 Å². The number of benzene rings is 1. The normalized spacial score (nSPS) is 19.4. The van der Waals surface area contributed by atoms with Gasteiger partial charge in [0.2, 0.25) is 17.6 Å². The second kappa shape index (κ2) is 8.81. The van der Waals surface area contributed by atoms with Crippen molar-refractivity contribution >= 4 is 23.5 Å². The van der Waals surface area contributed by atoms with Gasteiger partial charge in [-0.1, -0.05) is 17.3 Å². The summed E-state index contributed by atoms with van der Waals surface area (Å²) in [5.41, 5.74) is 0.935. The minimum Gasteiger partial charge on any atom is -0.453 e. The lowest BCUT2D eigenvalue weighted by atomic mass is 10.0. The lowest BCUT2D eigenvalue weighted by molar-refractivity contribution is -0.119. The van der Waals surface area contributed by atoms with E-state index in [2.05, 4.69) is 25.2 Å². The van der Waals surface area contributed by atoms with Crippen LogP contribution in [0, 0.1) is 6.92 Å². The number of nitrogens with one attached hydrogen (secondary N) is 1. The first-order chi connectivity index (χ1) is 17.1. The van der Waals surface area contributed by atoms with E-state index in [1.54, 1.807) is 25.1 Å². The predicted molar refractivity (Wildman–Crippen MR) is 121 cm³/mol. The third kappa shape index (κ3) is 4.32. The SMILES string of the molecule is COC(=O)N1CC(c2nc(-c3ccc(C)c(NC(=O)C4CN=C5C=CC(C(F)(F)F)=CN54)c3)no2)C1. The van der Waals surface area contributed by atoms with Gasteiger partial charge < -0.3 is 24.4 Å². The summed E-state index contributed by atoms with van der Waals surface area (Å²) in [5.74, 6) is 0.405. The molecule has 1 aromatic carbocycles. The molecular weight excluding hydrogens is 481 g/mol. The zero-order valence-corrected chi connectivity index (χ0v) is 19.2. The second-order valence-corrected chi connectivity index (χ2v) is 8.58. The Bertz CT molecular complexity index is 1310. The van der Waals surface area contributed by atoms with E-state index in [1.165, 1.54) is 23.0 Å². The molecule has 4 heterocycles. The molecule has 1 saturated heterocycles. The van der Waals surface area contributed by atoms with Crippen molar-refractivity contribution in [1.82, 2.24) is 19.9 Å². The number of rotatable bonds is 4. The van der Waals surface area contributed by atoms with Crippen molar-refractivity contribution in [3.8, 4) is 11.4 Å². The number of nitrogens with zero attached hydrogens (tertiary/aromatic N) is 5. The van der Waals surface area contributed by atoms with Gasteiger partial charge >= 0.3 is 12.3 Å². The summed E-state index contributed by atoms with van der Waals surface area (Å²) in [6.45, 7) is 2.64. The maximum atomic E-state index is 13.2. The van der Waals surface area contributed by atoms with Crippen LogP contribution in [0.25, 0.3) is 11.4 Å². The average Bonchev–Trinajstić information content (AvgIpc) is 3.46. The standard InChI is InChI=1S/C23H21F3N6O4/c1-12-3-4-13(19-29-21(36-30-19)14-9-31(10-14)22(34)35-2)7-16(12)28-20(33)17-8-27-18-6-5-15(11-32(17)18)23(24,25)26/h3-7,11,14,17H,8-10H2,1-2H3,(H,28,33). The van der Waals surface area contributed by atoms with E-state index in [0.717, 1.165) is 17.8 Å². The van der Waals surface area contributed by atoms with Gasteiger partial charge in [0, 0.05) is 30.5 Å². The molecule has 3 aliphatic heterocycles. The predicted octanol–water partition coefficient (Wildman–Crippen LogP) is 3.25. The Hall–Kier alpha value is -4.16. The maximum Gasteiger partial charge on any atom is 0.417 e. The van der Waals surface area contributed by atoms with Crippen LogP contribution in [0.15, 0.2) is 51.6 Å². The average molecular weight is 502 g/mol. The van der Waals surface area contributed by atoms with Crippen molar-refractivity contribution in [2.75, 3.05) is 32.1 Å². The number of allylic oxidation sites excluding steroid dienone is 2. The van der Waals surface area contributed by atoms with Crippen molar-refractivity contribution in [3.63, 3.8) is 0 Å². The number of hydrogen-bond acceptors (Lipinski definition) is 8. The number of amides is 2. The molecule has 2 amide bonds. The number of aryl methyl sites for hydroxylation is 1. The molecule has 0 spiro atoms. The second-order valence-electron chi connectivity index (χ2n) is 8.58. The highest BCUT2D eigenvalue weighted by molar-refractivity contribution is 6.04. The number of hydrogen-bond donors (Lipinski definition) is 1. The highest BCUT2D eigenvalue weighted by atomic mass is 19.4. The summed E-state index contributed by atoms with van der Waals surface area (Å²) >= 11 is 0. The topological polar surface area (TPSA) is 113 Å². The van der Waals surface area contributed by atoms with Crippen LogP contribution in [-0.2, 0) is 9.53 Å². The van der Waals surface area contributed by atoms with Gasteiger partial charge in [0.05, 0.1) is 25.1 Å². The number of ether oxygens (including phenoxy) is 1. The van der Waals surface area contributed by atoms with Gasteiger partial charge in [-0.3, -0.25) is 9.79 Å². The summed E-state index contributed by atoms with van der Waals surface area (Å²) in [7, 11) is 1.31. The molecule has 2 aromatic rings. The van der Waals surface area contributed by atoms with Crippen molar-refractivity contribution in [3.05, 3.63) is 53.6 Å². The van der Waals surface area contributed by atoms with E-state index in [-0.39, 0.29) is 12.5 Å². The molecule has 188 valence electrons. The van der Waals surface area contributed by atoms with Gasteiger partial charge in [0.15, 0.2) is 0 Å². The third-order valence-corrected chi connectivity index (χ3v) is 6.21. The molecule has 1 fully saturated rings. The van der Waals surface area contributed by atoms with E-state index in [4.69, 9.17) is 4.52 Å². The van der Waals surface area contributed by atoms with Crippen LogP contribution in [0.3, 0.4) is 0 Å². The summed E-state index contributed by atoms with van der Waals surface area (Å²) < 4.78 is 49.5. The molecule has 1 aromatic heterocycles. The Kier molecular flexibility index (Phi) is 5.77. The molecule has 0 radical (unpaired) electrons. The lowest BCUT2D eigenvalue weighted by Gasteiger charge is -2.35. The highest BCUT2D eigenvalue weighted by Gasteiger charge is 2.39. The molecule has 13 heteroatoms. The number of carbonyl (C=O) groups is 2. The molecule has 1 atom stereocenters. The molecule has 36 heavy (non-hydrogen) atoms. The van der Waals surface area contributed by atoms with Crippen molar-refractivity contribution in [1.29, 1.82) is 0 Å². The van der Waals surface area contributed by atoms with Crippen LogP contribution in [0.5, 0.6) is 0 Å². The summed E-state index contributed by atoms with van der Waals surface area (Å²) in [6, 6.07) is 4.29. The zero-order valence-electron chi connectivity index (χ0n) is 19.2. The first-order valence-corrected chi connectivity index (χ1v) is 11.0. The van der Waals surface area contributed by atoms with Crippen LogP contribution in [0.1, 0.15) is 17.4 Å². The van der Waals surface area contributed by atoms with Gasteiger partial charge in [-0.25, -0.2) is 4.79 Å². The number of aliphatic imine (C=N–C) groups is 1. The van der Waals surface area contributed by atoms with Gasteiger partial charge in [-0.15, -0.1) is 0 Å². The first kappa shape index (κ1) is 23.6. The van der Waals surface area contributed by atoms with E-state index < -0.39 is 29.8 Å². The smallest absolute Gasteiger partial charge is 0.417 e. The van der Waals surface area contributed by atoms with E-state index >= 15 is 0 Å². The first-order valence-electron chi connectivity index (χ1n) is 11.0. The summed E-state index contributed by atoms with van der Waals surface area (Å²) in [4.78, 5) is 35.9. The minimum atomic E-state index is -4.53. The molecule has 0 saturated carbocycles. The molecule has 5 rings (SSSR count). The number of aromatic nitrogens is 2. The number of fused-ring (bicyclic) bond motifs is 1. The zero-order chi connectivity index (χ0) is 25.6. The fourth-order valence-electron chi connectivity index (χ4n) is 4.08. The number of likely N-dealkylation sites (tertiary alicyclic amines) is 1. The molecule has 0 aliphatic carbocycles. The Morgan fingerprint density at radius 2 is 2.00 bits per heavy atom. The molecular formula is C23H21F3N6O4. The lowest BCUT2D eigenvalue weighted by Crippen LogP contribution is -2.48. The Morgan fingerprint density at radius 3 is 2.72 bits per heavy atom. The minimum absolute atomic E-state index is 0.0318. The molecule has 3 aliphatic rings. The summed E-state index contributed by atoms with van der Waals surface area (Å²) in [5, 5.41) is 6.80. The monoisotopic (exact) mass is 502 g/mol. The Labute approximate surface area is 203 Å². The van der Waals surface area contributed by atoms with E-state index in [9.17, 15) is 22.8 Å². The van der Waals surface area contributed by atoms with Crippen LogP contribution in [0.2, 0.25) is 0 Å². The fraction of sp³-hybridized carbons (Fsp3) is 0.348. The third-order valence-electron chi connectivity index (χ3n) is 6.21. The fourth-order valence-corrected chi connectivity index (χ4v) is 4.08. The molecule has 1 unspecified atom stereocenters. The molecule has 1 N–H and O–H groups in total. The van der Waals surface area contributed by atoms with Crippen molar-refractivity contribution in [2.45, 2.75) is 25.1 Å². The Balaban J connectivity index is 1.29. The number of halogens is 3. The summed E-state index contributed by atoms with van der Waals surface area (Å²) in [6.07, 6.45) is -1.85. The number of methoxy groups -OCH3 is 1. The van der Waals surface area contributed by atoms with Crippen molar-refractivity contribution in [2.24, 2.45) is 4.99 Å². The van der Waals surface area contributed by atoms with Crippen LogP contribution in [0.4, 0.5) is 23.7 Å². The molecule has 10 nitrogen and oxygen atoms in total. The largest absolute Gasteiger partial charge is 0.453 e. The van der Waals surface area contributed by atoms with Crippen molar-refractivity contribution < 1.29 is 32.0 Å². The van der Waals surface area contributed by atoms with Gasteiger partial charge in [0.1, 0.15) is 11.9 Å². The Morgan fingerprint density at radius 1 is 1.22 bits per heavy atom. The van der Waals surface area contributed by atoms with Crippen LogP contribution < -0.4 is 5.32 Å². The van der Waals surface area contributed by atoms with Crippen LogP contribution in [-0.4, -0.2) is 76.7 Å². The molecule has 0 bridgehead atoms. The van der Waals surface area contributed by atoms with E-state index in [1.807, 2.05) is 0 Å². The number of carbonyl (C=O) groups excluding carboxylic acids is 2. The van der Waals surface area contributed by atoms with Crippen LogP contribution >= 0.6 is 0 Å². The quantitative estimate of drug-likeness (QED) is 0.683. The number of alkyl halides is 3. The number of anilines is 1. The van der Waals surface area contributed by atoms with Gasteiger partial charge in [-0.05, 0) is 30.7 Å². The highest BCUT2D eigenvalue weighted by Crippen LogP contribution is 2.32. The maximum absolute atomic E-state index is 13.2. The van der Waals surface area contributed by atoms with E-state index in [0.29, 0.717) is 41.9 Å².